The van der Waals surface area contributed by atoms with Gasteiger partial charge in [-0.1, -0.05) is 12.1 Å². The fourth-order valence-electron chi connectivity index (χ4n) is 2.85. The molecule has 0 atom stereocenters. The summed E-state index contributed by atoms with van der Waals surface area (Å²) in [7, 11) is 1.67. The number of halogens is 1. The number of carbonyl (C=O) groups excluding carboxylic acids is 1. The average molecular weight is 474 g/mol. The topological polar surface area (TPSA) is 66.0 Å². The van der Waals surface area contributed by atoms with Crippen LogP contribution in [0, 0.1) is 0 Å². The number of ether oxygens (including phenoxy) is 1. The number of guanidine groups is 1. The Bertz CT molecular complexity index is 557. The highest BCUT2D eigenvalue weighted by Gasteiger charge is 2.16. The van der Waals surface area contributed by atoms with Gasteiger partial charge in [0.15, 0.2) is 5.96 Å². The Labute approximate surface area is 173 Å². The van der Waals surface area contributed by atoms with Gasteiger partial charge in [0.1, 0.15) is 5.75 Å². The highest BCUT2D eigenvalue weighted by molar-refractivity contribution is 14.0. The van der Waals surface area contributed by atoms with Crippen LogP contribution in [0.2, 0.25) is 0 Å². The number of aliphatic imine (C=N–C) groups is 1. The van der Waals surface area contributed by atoms with Crippen LogP contribution in [0.4, 0.5) is 0 Å². The molecule has 1 amide bonds. The molecule has 1 aliphatic heterocycles. The maximum atomic E-state index is 12.0. The van der Waals surface area contributed by atoms with Crippen LogP contribution >= 0.6 is 24.0 Å². The monoisotopic (exact) mass is 474 g/mol. The fourth-order valence-corrected chi connectivity index (χ4v) is 2.85. The number of hydrogen-bond donors (Lipinski definition) is 2. The third-order valence-corrected chi connectivity index (χ3v) is 4.26. The molecule has 1 saturated heterocycles. The van der Waals surface area contributed by atoms with Crippen molar-refractivity contribution in [1.82, 2.24) is 15.5 Å². The molecule has 6 nitrogen and oxygen atoms in total. The molecular formula is C19H31IN4O2. The molecule has 146 valence electrons. The Balaban J connectivity index is 0.00000338. The molecule has 0 aromatic heterocycles. The lowest BCUT2D eigenvalue weighted by molar-refractivity contribution is -0.129. The van der Waals surface area contributed by atoms with E-state index in [1.807, 2.05) is 24.0 Å². The van der Waals surface area contributed by atoms with E-state index in [0.717, 1.165) is 57.2 Å². The minimum Gasteiger partial charge on any atom is -0.497 e. The second-order valence-electron chi connectivity index (χ2n) is 6.12. The maximum absolute atomic E-state index is 12.0. The van der Waals surface area contributed by atoms with E-state index in [2.05, 4.69) is 27.8 Å². The summed E-state index contributed by atoms with van der Waals surface area (Å²) in [5.74, 6) is 1.86. The number of rotatable bonds is 8. The summed E-state index contributed by atoms with van der Waals surface area (Å²) in [4.78, 5) is 18.5. The highest BCUT2D eigenvalue weighted by Crippen LogP contribution is 2.11. The number of nitrogens with zero attached hydrogens (tertiary/aromatic N) is 2. The van der Waals surface area contributed by atoms with E-state index in [1.54, 1.807) is 7.11 Å². The van der Waals surface area contributed by atoms with Gasteiger partial charge in [-0.3, -0.25) is 9.79 Å². The molecular weight excluding hydrogens is 443 g/mol. The molecule has 7 heteroatoms. The summed E-state index contributed by atoms with van der Waals surface area (Å²) in [6.07, 6.45) is 3.64. The van der Waals surface area contributed by atoms with Gasteiger partial charge in [0.25, 0.3) is 0 Å². The van der Waals surface area contributed by atoms with Gasteiger partial charge in [-0.25, -0.2) is 0 Å². The predicted molar refractivity (Wildman–Crippen MR) is 117 cm³/mol. The number of methoxy groups -OCH3 is 1. The van der Waals surface area contributed by atoms with Gasteiger partial charge in [-0.2, -0.15) is 0 Å². The van der Waals surface area contributed by atoms with Gasteiger partial charge in [0, 0.05) is 32.6 Å². The molecule has 1 aliphatic rings. The van der Waals surface area contributed by atoms with Crippen LogP contribution in [-0.4, -0.2) is 56.6 Å². The van der Waals surface area contributed by atoms with Crippen molar-refractivity contribution in [1.29, 1.82) is 0 Å². The zero-order valence-electron chi connectivity index (χ0n) is 15.8. The normalized spacial score (nSPS) is 13.9. The summed E-state index contributed by atoms with van der Waals surface area (Å²) < 4.78 is 5.17. The molecule has 0 spiro atoms. The first-order valence-corrected chi connectivity index (χ1v) is 9.16. The molecule has 0 saturated carbocycles. The van der Waals surface area contributed by atoms with Crippen molar-refractivity contribution in [3.8, 4) is 5.75 Å². The number of benzene rings is 1. The van der Waals surface area contributed by atoms with Crippen LogP contribution in [0.3, 0.4) is 0 Å². The van der Waals surface area contributed by atoms with Crippen molar-refractivity contribution in [3.63, 3.8) is 0 Å². The van der Waals surface area contributed by atoms with Crippen molar-refractivity contribution in [3.05, 3.63) is 29.8 Å². The first-order chi connectivity index (χ1) is 12.2. The van der Waals surface area contributed by atoms with Crippen LogP contribution in [-0.2, 0) is 11.2 Å². The largest absolute Gasteiger partial charge is 0.497 e. The first kappa shape index (κ1) is 22.5. The Morgan fingerprint density at radius 2 is 1.88 bits per heavy atom. The molecule has 1 aromatic carbocycles. The van der Waals surface area contributed by atoms with Crippen molar-refractivity contribution in [2.24, 2.45) is 4.99 Å². The van der Waals surface area contributed by atoms with Crippen LogP contribution in [0.1, 0.15) is 31.7 Å². The Morgan fingerprint density at radius 3 is 2.50 bits per heavy atom. The van der Waals surface area contributed by atoms with E-state index >= 15 is 0 Å². The van der Waals surface area contributed by atoms with Gasteiger partial charge in [0.2, 0.25) is 5.91 Å². The molecule has 0 aliphatic carbocycles. The van der Waals surface area contributed by atoms with Gasteiger partial charge >= 0.3 is 0 Å². The molecule has 1 fully saturated rings. The summed E-state index contributed by atoms with van der Waals surface area (Å²) in [5.41, 5.74) is 1.24. The highest BCUT2D eigenvalue weighted by atomic mass is 127. The third kappa shape index (κ3) is 7.80. The first-order valence-electron chi connectivity index (χ1n) is 9.16. The summed E-state index contributed by atoms with van der Waals surface area (Å²) >= 11 is 0. The van der Waals surface area contributed by atoms with E-state index in [0.29, 0.717) is 13.0 Å². The smallest absolute Gasteiger partial charge is 0.224 e. The minimum absolute atomic E-state index is 0. The van der Waals surface area contributed by atoms with E-state index < -0.39 is 0 Å². The third-order valence-electron chi connectivity index (χ3n) is 4.26. The quantitative estimate of drug-likeness (QED) is 0.345. The Morgan fingerprint density at radius 1 is 1.19 bits per heavy atom. The number of nitrogens with one attached hydrogen (secondary N) is 2. The Hall–Kier alpha value is -1.51. The van der Waals surface area contributed by atoms with Gasteiger partial charge < -0.3 is 20.3 Å². The zero-order valence-corrected chi connectivity index (χ0v) is 18.1. The number of carbonyl (C=O) groups is 1. The summed E-state index contributed by atoms with van der Waals surface area (Å²) in [6.45, 7) is 5.96. The Kier molecular flexibility index (Phi) is 11.1. The molecule has 0 radical (unpaired) electrons. The zero-order chi connectivity index (χ0) is 17.9. The second kappa shape index (κ2) is 12.8. The van der Waals surface area contributed by atoms with Crippen LogP contribution in [0.15, 0.2) is 29.3 Å². The van der Waals surface area contributed by atoms with E-state index in [1.165, 1.54) is 5.56 Å². The van der Waals surface area contributed by atoms with Crippen molar-refractivity contribution < 1.29 is 9.53 Å². The lowest BCUT2D eigenvalue weighted by atomic mass is 10.1. The van der Waals surface area contributed by atoms with Crippen molar-refractivity contribution in [2.45, 2.75) is 32.6 Å². The molecule has 2 N–H and O–H groups in total. The van der Waals surface area contributed by atoms with Crippen LogP contribution in [0.25, 0.3) is 0 Å². The SMILES string of the molecule is CCNC(=NCCC(=O)N1CCCC1)NCCc1ccc(OC)cc1.I. The van der Waals surface area contributed by atoms with Gasteiger partial charge in [0.05, 0.1) is 13.7 Å². The summed E-state index contributed by atoms with van der Waals surface area (Å²) in [6, 6.07) is 8.08. The van der Waals surface area contributed by atoms with Gasteiger partial charge in [-0.15, -0.1) is 24.0 Å². The van der Waals surface area contributed by atoms with E-state index in [4.69, 9.17) is 4.74 Å². The van der Waals surface area contributed by atoms with Gasteiger partial charge in [-0.05, 0) is 43.9 Å². The van der Waals surface area contributed by atoms with E-state index in [9.17, 15) is 4.79 Å². The number of hydrogen-bond acceptors (Lipinski definition) is 3. The lowest BCUT2D eigenvalue weighted by Gasteiger charge is -2.15. The minimum atomic E-state index is 0. The molecule has 1 heterocycles. The maximum Gasteiger partial charge on any atom is 0.224 e. The van der Waals surface area contributed by atoms with Crippen LogP contribution in [0.5, 0.6) is 5.75 Å². The van der Waals surface area contributed by atoms with Crippen molar-refractivity contribution in [2.75, 3.05) is 39.8 Å². The average Bonchev–Trinajstić information content (AvgIpc) is 3.17. The van der Waals surface area contributed by atoms with Crippen LogP contribution < -0.4 is 15.4 Å². The van der Waals surface area contributed by atoms with Crippen molar-refractivity contribution >= 4 is 35.8 Å². The molecule has 0 unspecified atom stereocenters. The number of likely N-dealkylation sites (tertiary alicyclic amines) is 1. The molecule has 26 heavy (non-hydrogen) atoms. The molecule has 2 rings (SSSR count). The summed E-state index contributed by atoms with van der Waals surface area (Å²) in [5, 5.41) is 6.55. The fraction of sp³-hybridized carbons (Fsp3) is 0.579. The predicted octanol–water partition coefficient (Wildman–Crippen LogP) is 2.42. The second-order valence-corrected chi connectivity index (χ2v) is 6.12. The molecule has 0 bridgehead atoms. The van der Waals surface area contributed by atoms with E-state index in [-0.39, 0.29) is 29.9 Å². The number of amides is 1. The lowest BCUT2D eigenvalue weighted by Crippen LogP contribution is -2.38. The molecule has 1 aromatic rings. The standard InChI is InChI=1S/C19H30N4O2.HI/c1-3-20-19(22-13-11-18(24)23-14-4-5-15-23)21-12-10-16-6-8-17(25-2)9-7-16;/h6-9H,3-5,10-15H2,1-2H3,(H2,20,21,22);1H.